The number of furan rings is 1. The zero-order valence-electron chi connectivity index (χ0n) is 17.3. The first-order valence-corrected chi connectivity index (χ1v) is 10.8. The Morgan fingerprint density at radius 1 is 1.03 bits per heavy atom. The Labute approximate surface area is 183 Å². The molecule has 0 bridgehead atoms. The molecule has 1 fully saturated rings. The lowest BCUT2D eigenvalue weighted by atomic mass is 10.1. The maximum absolute atomic E-state index is 6.15. The summed E-state index contributed by atoms with van der Waals surface area (Å²) in [6.45, 7) is 11.6. The van der Waals surface area contributed by atoms with Crippen LogP contribution >= 0.6 is 24.4 Å². The molecule has 1 saturated heterocycles. The van der Waals surface area contributed by atoms with Crippen LogP contribution in [0.2, 0.25) is 0 Å². The molecule has 0 aliphatic carbocycles. The number of nitrogens with zero attached hydrogens (tertiary/aromatic N) is 1. The second-order valence-electron chi connectivity index (χ2n) is 6.72. The average Bonchev–Trinajstić information content (AvgIpc) is 3.16. The normalized spacial score (nSPS) is 16.7. The summed E-state index contributed by atoms with van der Waals surface area (Å²) in [7, 11) is 0. The van der Waals surface area contributed by atoms with Gasteiger partial charge in [0.15, 0.2) is 10.2 Å². The molecule has 0 aromatic carbocycles. The van der Waals surface area contributed by atoms with Crippen LogP contribution in [0.15, 0.2) is 16.5 Å². The van der Waals surface area contributed by atoms with Crippen molar-refractivity contribution in [2.24, 2.45) is 0 Å². The van der Waals surface area contributed by atoms with Gasteiger partial charge in [0.2, 0.25) is 0 Å². The second kappa shape index (κ2) is 12.9. The second-order valence-corrected chi connectivity index (χ2v) is 7.53. The van der Waals surface area contributed by atoms with Crippen LogP contribution in [-0.2, 0) is 11.3 Å². The SMILES string of the molecule is CCNC(=S)NNC(C)C(NNC(=S)NCC)c1ccc(CN2CCOCC2)o1. The van der Waals surface area contributed by atoms with Gasteiger partial charge in [0.1, 0.15) is 17.6 Å². The minimum absolute atomic E-state index is 0.0640. The van der Waals surface area contributed by atoms with E-state index in [-0.39, 0.29) is 12.1 Å². The van der Waals surface area contributed by atoms with Gasteiger partial charge in [0.05, 0.1) is 19.8 Å². The molecule has 2 rings (SSSR count). The Balaban J connectivity index is 2.00. The van der Waals surface area contributed by atoms with Crippen molar-refractivity contribution in [3.05, 3.63) is 23.7 Å². The summed E-state index contributed by atoms with van der Waals surface area (Å²) in [4.78, 5) is 2.32. The van der Waals surface area contributed by atoms with Crippen LogP contribution < -0.4 is 32.3 Å². The van der Waals surface area contributed by atoms with Gasteiger partial charge in [-0.05, 0) is 57.3 Å². The molecule has 2 unspecified atom stereocenters. The van der Waals surface area contributed by atoms with Crippen LogP contribution in [0.4, 0.5) is 0 Å². The van der Waals surface area contributed by atoms with Crippen molar-refractivity contribution < 1.29 is 9.15 Å². The molecule has 1 aliphatic heterocycles. The highest BCUT2D eigenvalue weighted by atomic mass is 32.1. The molecule has 0 spiro atoms. The van der Waals surface area contributed by atoms with E-state index < -0.39 is 0 Å². The number of nitrogens with one attached hydrogen (secondary N) is 6. The van der Waals surface area contributed by atoms with Crippen LogP contribution in [0.25, 0.3) is 0 Å². The van der Waals surface area contributed by atoms with Crippen LogP contribution in [-0.4, -0.2) is 60.6 Å². The fraction of sp³-hybridized carbons (Fsp3) is 0.667. The quantitative estimate of drug-likeness (QED) is 0.226. The zero-order chi connectivity index (χ0) is 21.1. The Kier molecular flexibility index (Phi) is 10.6. The van der Waals surface area contributed by atoms with E-state index in [9.17, 15) is 0 Å². The van der Waals surface area contributed by atoms with Crippen molar-refractivity contribution in [3.8, 4) is 0 Å². The fourth-order valence-corrected chi connectivity index (χ4v) is 3.29. The van der Waals surface area contributed by atoms with E-state index in [4.69, 9.17) is 33.6 Å². The third kappa shape index (κ3) is 8.41. The van der Waals surface area contributed by atoms with Gasteiger partial charge < -0.3 is 19.8 Å². The highest BCUT2D eigenvalue weighted by molar-refractivity contribution is 7.80. The fourth-order valence-electron chi connectivity index (χ4n) is 2.88. The summed E-state index contributed by atoms with van der Waals surface area (Å²) in [5.41, 5.74) is 12.5. The number of hydrogen-bond acceptors (Lipinski definition) is 7. The molecule has 29 heavy (non-hydrogen) atoms. The monoisotopic (exact) mass is 443 g/mol. The molecule has 11 heteroatoms. The van der Waals surface area contributed by atoms with Crippen molar-refractivity contribution in [1.82, 2.24) is 37.2 Å². The third-order valence-electron chi connectivity index (χ3n) is 4.40. The first-order valence-electron chi connectivity index (χ1n) is 10.0. The van der Waals surface area contributed by atoms with E-state index in [2.05, 4.69) is 37.2 Å². The van der Waals surface area contributed by atoms with Crippen LogP contribution in [0.3, 0.4) is 0 Å². The number of ether oxygens (including phenoxy) is 1. The van der Waals surface area contributed by atoms with Gasteiger partial charge in [0, 0.05) is 32.2 Å². The van der Waals surface area contributed by atoms with E-state index in [1.807, 2.05) is 32.9 Å². The predicted molar refractivity (Wildman–Crippen MR) is 122 cm³/mol. The first kappa shape index (κ1) is 23.8. The summed E-state index contributed by atoms with van der Waals surface area (Å²) < 4.78 is 11.6. The van der Waals surface area contributed by atoms with Crippen LogP contribution in [0.1, 0.15) is 38.3 Å². The maximum Gasteiger partial charge on any atom is 0.180 e. The predicted octanol–water partition coefficient (Wildman–Crippen LogP) is 0.519. The Morgan fingerprint density at radius 2 is 1.66 bits per heavy atom. The summed E-state index contributed by atoms with van der Waals surface area (Å²) >= 11 is 10.5. The number of hydrazine groups is 2. The van der Waals surface area contributed by atoms with E-state index in [0.29, 0.717) is 10.2 Å². The molecular formula is C18H33N7O2S2. The molecule has 6 N–H and O–H groups in total. The van der Waals surface area contributed by atoms with Gasteiger partial charge in [-0.25, -0.2) is 10.9 Å². The number of thiocarbonyl (C=S) groups is 2. The van der Waals surface area contributed by atoms with E-state index in [0.717, 1.165) is 57.5 Å². The van der Waals surface area contributed by atoms with Crippen LogP contribution in [0.5, 0.6) is 0 Å². The molecular weight excluding hydrogens is 410 g/mol. The van der Waals surface area contributed by atoms with E-state index >= 15 is 0 Å². The van der Waals surface area contributed by atoms with Crippen molar-refractivity contribution >= 4 is 34.7 Å². The Hall–Kier alpha value is -1.50. The minimum atomic E-state index is -0.193. The highest BCUT2D eigenvalue weighted by Crippen LogP contribution is 2.20. The molecule has 2 heterocycles. The first-order chi connectivity index (χ1) is 14.0. The Morgan fingerprint density at radius 3 is 2.28 bits per heavy atom. The van der Waals surface area contributed by atoms with Gasteiger partial charge in [-0.15, -0.1) is 0 Å². The number of morpholine rings is 1. The lowest BCUT2D eigenvalue weighted by Crippen LogP contribution is -2.54. The molecule has 1 aromatic rings. The summed E-state index contributed by atoms with van der Waals surface area (Å²) in [5.74, 6) is 1.72. The molecule has 0 radical (unpaired) electrons. The molecule has 9 nitrogen and oxygen atoms in total. The Bertz CT molecular complexity index is 637. The summed E-state index contributed by atoms with van der Waals surface area (Å²) in [6.07, 6.45) is 0. The average molecular weight is 444 g/mol. The number of rotatable bonds is 10. The minimum Gasteiger partial charge on any atom is -0.463 e. The van der Waals surface area contributed by atoms with Gasteiger partial charge in [0.25, 0.3) is 0 Å². The molecule has 1 aliphatic rings. The summed E-state index contributed by atoms with van der Waals surface area (Å²) in [6, 6.07) is 3.76. The van der Waals surface area contributed by atoms with Gasteiger partial charge in [-0.1, -0.05) is 0 Å². The van der Waals surface area contributed by atoms with Gasteiger partial charge in [-0.2, -0.15) is 0 Å². The largest absolute Gasteiger partial charge is 0.463 e. The van der Waals surface area contributed by atoms with Crippen molar-refractivity contribution in [2.75, 3.05) is 39.4 Å². The highest BCUT2D eigenvalue weighted by Gasteiger charge is 2.24. The standard InChI is InChI=1S/C18H33N7O2S2/c1-4-19-17(28)23-21-13(3)16(22-24-18(29)20-5-2)15-7-6-14(27-15)12-25-8-10-26-11-9-25/h6-7,13,16,21-22H,4-5,8-12H2,1-3H3,(H2,19,23,28)(H2,20,24,29). The van der Waals surface area contributed by atoms with Crippen molar-refractivity contribution in [3.63, 3.8) is 0 Å². The number of hydrogen-bond donors (Lipinski definition) is 6. The molecule has 164 valence electrons. The molecule has 0 saturated carbocycles. The maximum atomic E-state index is 6.15. The lowest BCUT2D eigenvalue weighted by Gasteiger charge is -2.27. The molecule has 2 atom stereocenters. The van der Waals surface area contributed by atoms with Crippen LogP contribution in [0, 0.1) is 0 Å². The lowest BCUT2D eigenvalue weighted by molar-refractivity contribution is 0.0310. The van der Waals surface area contributed by atoms with Gasteiger partial charge in [-0.3, -0.25) is 15.8 Å². The third-order valence-corrected chi connectivity index (χ3v) is 4.89. The molecule has 1 aromatic heterocycles. The van der Waals surface area contributed by atoms with E-state index in [1.165, 1.54) is 0 Å². The smallest absolute Gasteiger partial charge is 0.180 e. The van der Waals surface area contributed by atoms with Crippen molar-refractivity contribution in [1.29, 1.82) is 0 Å². The topological polar surface area (TPSA) is 97.8 Å². The van der Waals surface area contributed by atoms with Gasteiger partial charge >= 0.3 is 0 Å². The van der Waals surface area contributed by atoms with E-state index in [1.54, 1.807) is 0 Å². The molecule has 0 amide bonds. The zero-order valence-corrected chi connectivity index (χ0v) is 19.0. The summed E-state index contributed by atoms with van der Waals surface area (Å²) in [5, 5.41) is 7.18. The van der Waals surface area contributed by atoms with Crippen molar-refractivity contribution in [2.45, 2.75) is 39.4 Å².